The third-order valence-corrected chi connectivity index (χ3v) is 12.2. The van der Waals surface area contributed by atoms with Crippen molar-refractivity contribution in [2.45, 2.75) is 116 Å². The van der Waals surface area contributed by atoms with E-state index in [1.54, 1.807) is 24.3 Å². The van der Waals surface area contributed by atoms with Gasteiger partial charge < -0.3 is 33.2 Å². The zero-order valence-corrected chi connectivity index (χ0v) is 39.7. The summed E-state index contributed by atoms with van der Waals surface area (Å²) in [5.41, 5.74) is 4.45. The Kier molecular flexibility index (Phi) is 22.5. The Morgan fingerprint density at radius 2 is 1.13 bits per heavy atom. The standard InChI is InChI=1S/C56H67NO11/c1-4-43(38-41(3)54(59)64-36-12-8-6-10-34-62-49-26-18-45(19-27-49)44-16-14-42(39-57)15-17-44)55(60)65-37-13-9-7-11-35-63-50-28-20-46(21-29-50)47-22-32-52(33-23-47)68-56(61)48-24-30-51(31-25-48)66-40-67-53(58)5-2/h5,14-21,24-31,41,43,47,52H,2,4,6-13,22-23,32-38,40H2,1,3H3. The van der Waals surface area contributed by atoms with E-state index in [9.17, 15) is 19.2 Å². The number of esters is 4. The highest BCUT2D eigenvalue weighted by Crippen LogP contribution is 2.35. The van der Waals surface area contributed by atoms with Crippen LogP contribution in [0.5, 0.6) is 17.2 Å². The molecule has 2 atom stereocenters. The molecule has 0 heterocycles. The number of carbonyl (C=O) groups is 4. The monoisotopic (exact) mass is 929 g/mol. The van der Waals surface area contributed by atoms with Crippen molar-refractivity contribution in [2.75, 3.05) is 33.2 Å². The highest BCUT2D eigenvalue weighted by Gasteiger charge is 2.27. The molecular weight excluding hydrogens is 863 g/mol. The second-order valence-corrected chi connectivity index (χ2v) is 17.2. The highest BCUT2D eigenvalue weighted by molar-refractivity contribution is 5.89. The molecule has 0 saturated heterocycles. The zero-order chi connectivity index (χ0) is 48.4. The number of nitrogens with zero attached hydrogens (tertiary/aromatic N) is 1. The maximum atomic E-state index is 12.8. The molecule has 1 aliphatic carbocycles. The summed E-state index contributed by atoms with van der Waals surface area (Å²) in [4.78, 5) is 49.4. The molecule has 1 aliphatic rings. The minimum atomic E-state index is -0.576. The number of benzene rings is 4. The lowest BCUT2D eigenvalue weighted by atomic mass is 9.83. The minimum Gasteiger partial charge on any atom is -0.494 e. The van der Waals surface area contributed by atoms with Crippen molar-refractivity contribution in [3.8, 4) is 34.4 Å². The van der Waals surface area contributed by atoms with Crippen LogP contribution >= 0.6 is 0 Å². The molecule has 2 unspecified atom stereocenters. The molecule has 0 amide bonds. The molecule has 12 heteroatoms. The van der Waals surface area contributed by atoms with E-state index in [1.807, 2.05) is 74.5 Å². The Labute approximate surface area is 401 Å². The normalized spacial score (nSPS) is 15.1. The summed E-state index contributed by atoms with van der Waals surface area (Å²) in [5, 5.41) is 9.00. The van der Waals surface area contributed by atoms with Crippen LogP contribution in [0.2, 0.25) is 0 Å². The molecule has 0 bridgehead atoms. The summed E-state index contributed by atoms with van der Waals surface area (Å²) in [6.45, 7) is 8.79. The van der Waals surface area contributed by atoms with Crippen molar-refractivity contribution in [3.63, 3.8) is 0 Å². The molecule has 362 valence electrons. The topological polar surface area (TPSA) is 157 Å². The van der Waals surface area contributed by atoms with Crippen molar-refractivity contribution in [1.29, 1.82) is 5.26 Å². The summed E-state index contributed by atoms with van der Waals surface area (Å²) in [7, 11) is 0. The number of rotatable bonds is 29. The zero-order valence-electron chi connectivity index (χ0n) is 39.7. The minimum absolute atomic E-state index is 0.131. The van der Waals surface area contributed by atoms with Gasteiger partial charge in [0.25, 0.3) is 0 Å². The van der Waals surface area contributed by atoms with Gasteiger partial charge in [-0.15, -0.1) is 0 Å². The molecule has 4 aromatic rings. The molecule has 1 fully saturated rings. The largest absolute Gasteiger partial charge is 0.494 e. The highest BCUT2D eigenvalue weighted by atomic mass is 16.7. The second kappa shape index (κ2) is 29.2. The SMILES string of the molecule is C=CC(=O)OCOc1ccc(C(=O)OC2CCC(c3ccc(OCCCCCCOC(=O)C(CC)CC(C)C(=O)OCCCCCCOc4ccc(-c5ccc(C#N)cc5)cc4)cc3)CC2)cc1. The summed E-state index contributed by atoms with van der Waals surface area (Å²) in [6.07, 6.45) is 12.5. The van der Waals surface area contributed by atoms with E-state index in [0.29, 0.717) is 62.1 Å². The molecule has 0 spiro atoms. The lowest BCUT2D eigenvalue weighted by Gasteiger charge is -2.28. The summed E-state index contributed by atoms with van der Waals surface area (Å²) in [5.74, 6) is 0.322. The first kappa shape index (κ1) is 52.4. The van der Waals surface area contributed by atoms with Gasteiger partial charge in [-0.05, 0) is 173 Å². The number of carbonyl (C=O) groups excluding carboxylic acids is 4. The first-order chi connectivity index (χ1) is 33.1. The van der Waals surface area contributed by atoms with Crippen LogP contribution in [-0.4, -0.2) is 63.2 Å². The number of ether oxygens (including phenoxy) is 7. The van der Waals surface area contributed by atoms with Gasteiger partial charge in [-0.1, -0.05) is 56.8 Å². The van der Waals surface area contributed by atoms with Gasteiger partial charge in [0, 0.05) is 6.08 Å². The fraction of sp³-hybridized carbons (Fsp3) is 0.446. The Balaban J connectivity index is 0.837. The molecule has 0 aliphatic heterocycles. The van der Waals surface area contributed by atoms with E-state index in [0.717, 1.165) is 106 Å². The maximum Gasteiger partial charge on any atom is 0.338 e. The third kappa shape index (κ3) is 18.2. The molecule has 68 heavy (non-hydrogen) atoms. The average Bonchev–Trinajstić information content (AvgIpc) is 3.37. The van der Waals surface area contributed by atoms with Crippen LogP contribution < -0.4 is 14.2 Å². The van der Waals surface area contributed by atoms with Crippen molar-refractivity contribution in [2.24, 2.45) is 11.8 Å². The molecule has 4 aromatic carbocycles. The predicted molar refractivity (Wildman–Crippen MR) is 259 cm³/mol. The lowest BCUT2D eigenvalue weighted by Crippen LogP contribution is -2.24. The molecule has 12 nitrogen and oxygen atoms in total. The Morgan fingerprint density at radius 3 is 1.68 bits per heavy atom. The van der Waals surface area contributed by atoms with Gasteiger partial charge in [0.05, 0.1) is 55.5 Å². The first-order valence-corrected chi connectivity index (χ1v) is 24.2. The van der Waals surface area contributed by atoms with Crippen LogP contribution in [0.1, 0.15) is 131 Å². The van der Waals surface area contributed by atoms with Gasteiger partial charge in [-0.3, -0.25) is 9.59 Å². The van der Waals surface area contributed by atoms with Gasteiger partial charge in [-0.2, -0.15) is 5.26 Å². The van der Waals surface area contributed by atoms with E-state index in [4.69, 9.17) is 38.4 Å². The number of hydrogen-bond donors (Lipinski definition) is 0. The van der Waals surface area contributed by atoms with Gasteiger partial charge in [0.1, 0.15) is 23.4 Å². The van der Waals surface area contributed by atoms with E-state index >= 15 is 0 Å². The van der Waals surface area contributed by atoms with Gasteiger partial charge in [-0.25, -0.2) is 9.59 Å². The molecule has 0 radical (unpaired) electrons. The van der Waals surface area contributed by atoms with E-state index in [-0.39, 0.29) is 42.6 Å². The molecule has 0 aromatic heterocycles. The molecular formula is C56H67NO11. The van der Waals surface area contributed by atoms with Crippen LogP contribution in [0, 0.1) is 23.2 Å². The van der Waals surface area contributed by atoms with Crippen molar-refractivity contribution >= 4 is 23.9 Å². The van der Waals surface area contributed by atoms with Crippen LogP contribution in [0.25, 0.3) is 11.1 Å². The first-order valence-electron chi connectivity index (χ1n) is 24.2. The quantitative estimate of drug-likeness (QED) is 0.0167. The van der Waals surface area contributed by atoms with Crippen LogP contribution in [0.4, 0.5) is 0 Å². The van der Waals surface area contributed by atoms with Gasteiger partial charge >= 0.3 is 23.9 Å². The van der Waals surface area contributed by atoms with Crippen molar-refractivity contribution < 1.29 is 52.3 Å². The maximum absolute atomic E-state index is 12.8. The van der Waals surface area contributed by atoms with E-state index < -0.39 is 5.97 Å². The number of hydrogen-bond acceptors (Lipinski definition) is 12. The summed E-state index contributed by atoms with van der Waals surface area (Å²) >= 11 is 0. The lowest BCUT2D eigenvalue weighted by molar-refractivity contribution is -0.152. The van der Waals surface area contributed by atoms with Gasteiger partial charge in [0.2, 0.25) is 6.79 Å². The van der Waals surface area contributed by atoms with Crippen molar-refractivity contribution in [1.82, 2.24) is 0 Å². The summed E-state index contributed by atoms with van der Waals surface area (Å²) < 4.78 is 39.0. The van der Waals surface area contributed by atoms with Crippen LogP contribution in [0.3, 0.4) is 0 Å². The molecule has 5 rings (SSSR count). The smallest absolute Gasteiger partial charge is 0.338 e. The van der Waals surface area contributed by atoms with E-state index in [2.05, 4.69) is 24.8 Å². The predicted octanol–water partition coefficient (Wildman–Crippen LogP) is 11.9. The Bertz CT molecular complexity index is 2190. The number of nitriles is 1. The number of unbranched alkanes of at least 4 members (excludes halogenated alkanes) is 6. The van der Waals surface area contributed by atoms with E-state index in [1.165, 1.54) is 5.56 Å². The Hall–Kier alpha value is -6.61. The van der Waals surface area contributed by atoms with Crippen molar-refractivity contribution in [3.05, 3.63) is 126 Å². The molecule has 0 N–H and O–H groups in total. The third-order valence-electron chi connectivity index (χ3n) is 12.2. The summed E-state index contributed by atoms with van der Waals surface area (Å²) in [6, 6.07) is 32.4. The fourth-order valence-electron chi connectivity index (χ4n) is 8.01. The second-order valence-electron chi connectivity index (χ2n) is 17.2. The molecule has 1 saturated carbocycles. The Morgan fingerprint density at radius 1 is 0.632 bits per heavy atom. The van der Waals surface area contributed by atoms with Gasteiger partial charge in [0.15, 0.2) is 0 Å². The average molecular weight is 930 g/mol. The van der Waals surface area contributed by atoms with Crippen LogP contribution in [0.15, 0.2) is 110 Å². The van der Waals surface area contributed by atoms with Crippen LogP contribution in [-0.2, 0) is 33.3 Å². The fourth-order valence-corrected chi connectivity index (χ4v) is 8.01.